The van der Waals surface area contributed by atoms with Crippen molar-refractivity contribution in [2.24, 2.45) is 5.92 Å². The number of likely N-dealkylation sites (N-methyl/N-ethyl adjacent to an activating group) is 1. The number of aromatic nitrogens is 2. The molecular formula is C13H22BrFN4. The summed E-state index contributed by atoms with van der Waals surface area (Å²) in [7, 11) is 4.02. The van der Waals surface area contributed by atoms with E-state index in [0.717, 1.165) is 36.9 Å². The van der Waals surface area contributed by atoms with Gasteiger partial charge in [0, 0.05) is 19.0 Å². The third-order valence-electron chi connectivity index (χ3n) is 3.60. The summed E-state index contributed by atoms with van der Waals surface area (Å²) in [6.07, 6.45) is 2.74. The first-order valence-corrected chi connectivity index (χ1v) is 7.59. The highest BCUT2D eigenvalue weighted by Gasteiger charge is 2.29. The zero-order chi connectivity index (χ0) is 13.8. The highest BCUT2D eigenvalue weighted by Crippen LogP contribution is 2.34. The minimum atomic E-state index is -0.952. The molecule has 1 fully saturated rings. The molecule has 2 heterocycles. The molecule has 0 amide bonds. The normalized spacial score (nSPS) is 21.8. The van der Waals surface area contributed by atoms with Crippen LogP contribution < -0.4 is 5.32 Å². The number of halogens is 2. The molecule has 0 spiro atoms. The zero-order valence-electron chi connectivity index (χ0n) is 11.6. The molecular weight excluding hydrogens is 311 g/mol. The molecule has 4 nitrogen and oxygen atoms in total. The molecule has 0 aliphatic carbocycles. The van der Waals surface area contributed by atoms with Gasteiger partial charge in [0.2, 0.25) is 0 Å². The Labute approximate surface area is 122 Å². The number of hydrogen-bond donors (Lipinski definition) is 1. The van der Waals surface area contributed by atoms with Crippen molar-refractivity contribution in [2.75, 3.05) is 33.7 Å². The molecule has 108 valence electrons. The number of alkyl halides is 1. The Bertz CT molecular complexity index is 401. The fourth-order valence-electron chi connectivity index (χ4n) is 2.47. The van der Waals surface area contributed by atoms with Gasteiger partial charge in [-0.25, -0.2) is 4.39 Å². The van der Waals surface area contributed by atoms with E-state index >= 15 is 0 Å². The van der Waals surface area contributed by atoms with Crippen molar-refractivity contribution in [2.45, 2.75) is 25.6 Å². The van der Waals surface area contributed by atoms with Crippen LogP contribution >= 0.6 is 15.9 Å². The first-order chi connectivity index (χ1) is 9.09. The van der Waals surface area contributed by atoms with Crippen molar-refractivity contribution < 1.29 is 4.39 Å². The number of nitrogens with zero attached hydrogens (tertiary/aromatic N) is 3. The van der Waals surface area contributed by atoms with Gasteiger partial charge in [0.05, 0.1) is 22.9 Å². The summed E-state index contributed by atoms with van der Waals surface area (Å²) in [5, 5.41) is 7.56. The van der Waals surface area contributed by atoms with Crippen LogP contribution in [0.4, 0.5) is 4.39 Å². The Morgan fingerprint density at radius 3 is 3.05 bits per heavy atom. The van der Waals surface area contributed by atoms with Gasteiger partial charge in [0.1, 0.15) is 6.17 Å². The van der Waals surface area contributed by atoms with Gasteiger partial charge in [-0.2, -0.15) is 5.10 Å². The second-order valence-electron chi connectivity index (χ2n) is 5.41. The lowest BCUT2D eigenvalue weighted by Crippen LogP contribution is -2.33. The number of hydrogen-bond acceptors (Lipinski definition) is 3. The van der Waals surface area contributed by atoms with Gasteiger partial charge >= 0.3 is 0 Å². The van der Waals surface area contributed by atoms with E-state index in [1.807, 2.05) is 14.1 Å². The molecule has 0 bridgehead atoms. The summed E-state index contributed by atoms with van der Waals surface area (Å²) < 4.78 is 17.3. The van der Waals surface area contributed by atoms with Gasteiger partial charge < -0.3 is 10.2 Å². The second kappa shape index (κ2) is 6.81. The Kier molecular flexibility index (Phi) is 5.36. The third kappa shape index (κ3) is 3.77. The average molecular weight is 333 g/mol. The van der Waals surface area contributed by atoms with Crippen LogP contribution in [0.2, 0.25) is 0 Å². The van der Waals surface area contributed by atoms with Crippen LogP contribution in [0.1, 0.15) is 24.7 Å². The fraction of sp³-hybridized carbons (Fsp3) is 0.769. The third-order valence-corrected chi connectivity index (χ3v) is 4.21. The molecule has 1 aromatic rings. The molecule has 1 aliphatic heterocycles. The van der Waals surface area contributed by atoms with Gasteiger partial charge in [-0.3, -0.25) is 4.68 Å². The van der Waals surface area contributed by atoms with Crippen LogP contribution in [-0.2, 0) is 6.54 Å². The molecule has 0 saturated carbocycles. The van der Waals surface area contributed by atoms with Crippen molar-refractivity contribution >= 4 is 15.9 Å². The van der Waals surface area contributed by atoms with Crippen LogP contribution in [-0.4, -0.2) is 48.4 Å². The monoisotopic (exact) mass is 332 g/mol. The lowest BCUT2D eigenvalue weighted by Gasteiger charge is -2.26. The molecule has 0 radical (unpaired) electrons. The number of nitrogens with one attached hydrogen (secondary N) is 1. The topological polar surface area (TPSA) is 33.1 Å². The standard InChI is InChI=1S/C13H22BrFN4/c1-18(2)6-7-19-13(11(14)9-17-19)12(15)10-4-3-5-16-8-10/h9-10,12,16H,3-8H2,1-2H3. The largest absolute Gasteiger partial charge is 0.316 e. The van der Waals surface area contributed by atoms with E-state index in [4.69, 9.17) is 0 Å². The molecule has 1 saturated heterocycles. The summed E-state index contributed by atoms with van der Waals surface area (Å²) in [6, 6.07) is 0. The lowest BCUT2D eigenvalue weighted by molar-refractivity contribution is 0.181. The van der Waals surface area contributed by atoms with Crippen LogP contribution in [0.15, 0.2) is 10.7 Å². The highest BCUT2D eigenvalue weighted by molar-refractivity contribution is 9.10. The minimum Gasteiger partial charge on any atom is -0.316 e. The van der Waals surface area contributed by atoms with E-state index in [0.29, 0.717) is 12.2 Å². The molecule has 2 rings (SSSR count). The average Bonchev–Trinajstić information content (AvgIpc) is 2.78. The lowest BCUT2D eigenvalue weighted by atomic mass is 9.93. The van der Waals surface area contributed by atoms with Crippen molar-refractivity contribution in [3.8, 4) is 0 Å². The van der Waals surface area contributed by atoms with Crippen LogP contribution in [0, 0.1) is 5.92 Å². The summed E-state index contributed by atoms with van der Waals surface area (Å²) in [4.78, 5) is 2.08. The number of rotatable bonds is 5. The maximum atomic E-state index is 14.8. The predicted molar refractivity (Wildman–Crippen MR) is 77.9 cm³/mol. The van der Waals surface area contributed by atoms with Crippen molar-refractivity contribution in [3.05, 3.63) is 16.4 Å². The quantitative estimate of drug-likeness (QED) is 0.897. The predicted octanol–water partition coefficient (Wildman–Crippen LogP) is 2.22. The van der Waals surface area contributed by atoms with E-state index < -0.39 is 6.17 Å². The molecule has 19 heavy (non-hydrogen) atoms. The first kappa shape index (κ1) is 14.9. The van der Waals surface area contributed by atoms with Gasteiger partial charge in [-0.05, 0) is 49.4 Å². The van der Waals surface area contributed by atoms with E-state index in [2.05, 4.69) is 31.2 Å². The summed E-state index contributed by atoms with van der Waals surface area (Å²) in [6.45, 7) is 3.34. The van der Waals surface area contributed by atoms with Gasteiger partial charge in [0.25, 0.3) is 0 Å². The van der Waals surface area contributed by atoms with Gasteiger partial charge in [0.15, 0.2) is 0 Å². The van der Waals surface area contributed by atoms with Gasteiger partial charge in [-0.1, -0.05) is 0 Å². The molecule has 1 aromatic heterocycles. The summed E-state index contributed by atoms with van der Waals surface area (Å²) in [5.41, 5.74) is 0.690. The van der Waals surface area contributed by atoms with Crippen LogP contribution in [0.3, 0.4) is 0 Å². The van der Waals surface area contributed by atoms with Crippen LogP contribution in [0.5, 0.6) is 0 Å². The van der Waals surface area contributed by atoms with Crippen molar-refractivity contribution in [1.82, 2.24) is 20.0 Å². The van der Waals surface area contributed by atoms with Crippen LogP contribution in [0.25, 0.3) is 0 Å². The van der Waals surface area contributed by atoms with E-state index in [9.17, 15) is 4.39 Å². The number of piperidine rings is 1. The van der Waals surface area contributed by atoms with E-state index in [1.165, 1.54) is 0 Å². The zero-order valence-corrected chi connectivity index (χ0v) is 13.2. The molecule has 2 atom stereocenters. The molecule has 1 N–H and O–H groups in total. The molecule has 6 heteroatoms. The first-order valence-electron chi connectivity index (χ1n) is 6.80. The SMILES string of the molecule is CN(C)CCn1ncc(Br)c1C(F)C1CCCNC1. The minimum absolute atomic E-state index is 0.0554. The Morgan fingerprint density at radius 1 is 1.63 bits per heavy atom. The smallest absolute Gasteiger partial charge is 0.147 e. The fourth-order valence-corrected chi connectivity index (χ4v) is 2.99. The summed E-state index contributed by atoms with van der Waals surface area (Å²) >= 11 is 3.43. The second-order valence-corrected chi connectivity index (χ2v) is 6.27. The molecule has 0 aromatic carbocycles. The Balaban J connectivity index is 2.10. The molecule has 2 unspecified atom stereocenters. The summed E-state index contributed by atoms with van der Waals surface area (Å²) in [5.74, 6) is 0.0554. The molecule has 1 aliphatic rings. The van der Waals surface area contributed by atoms with Crippen molar-refractivity contribution in [3.63, 3.8) is 0 Å². The highest BCUT2D eigenvalue weighted by atomic mass is 79.9. The van der Waals surface area contributed by atoms with Crippen molar-refractivity contribution in [1.29, 1.82) is 0 Å². The van der Waals surface area contributed by atoms with E-state index in [-0.39, 0.29) is 5.92 Å². The maximum absolute atomic E-state index is 14.8. The van der Waals surface area contributed by atoms with E-state index in [1.54, 1.807) is 10.9 Å². The van der Waals surface area contributed by atoms with Gasteiger partial charge in [-0.15, -0.1) is 0 Å². The Hall–Kier alpha value is -0.460. The maximum Gasteiger partial charge on any atom is 0.147 e. The Morgan fingerprint density at radius 2 is 2.42 bits per heavy atom.